The Morgan fingerprint density at radius 2 is 1.12 bits per heavy atom. The first-order valence-electron chi connectivity index (χ1n) is 9.82. The van der Waals surface area contributed by atoms with Crippen LogP contribution in [0.25, 0.3) is 0 Å². The van der Waals surface area contributed by atoms with Crippen molar-refractivity contribution in [1.82, 2.24) is 19.6 Å². The monoisotopic (exact) mass is 364 g/mol. The molecule has 1 rings (SSSR count). The van der Waals surface area contributed by atoms with Crippen LogP contribution in [-0.2, 0) is 13.1 Å². The van der Waals surface area contributed by atoms with E-state index in [2.05, 4.69) is 80.7 Å². The summed E-state index contributed by atoms with van der Waals surface area (Å²) in [5, 5.41) is 10.9. The minimum Gasteiger partial charge on any atom is -0.507 e. The summed E-state index contributed by atoms with van der Waals surface area (Å²) in [4.78, 5) is 9.19. The Labute approximate surface area is 161 Å². The number of hydrogen-bond acceptors (Lipinski definition) is 5. The molecular formula is C21H40N4O. The molecule has 0 heterocycles. The fourth-order valence-corrected chi connectivity index (χ4v) is 3.04. The van der Waals surface area contributed by atoms with Crippen LogP contribution in [0.15, 0.2) is 12.1 Å². The predicted molar refractivity (Wildman–Crippen MR) is 112 cm³/mol. The standard InChI is InChI=1S/C21H40N4O/c1-8-24(12-10-22(4)5)16-19-14-18(3)15-20(21(19)26)17-25(9-2)13-11-23(6)7/h14-15,26H,8-13,16-17H2,1-7H3. The Kier molecular flexibility index (Phi) is 10.2. The fraction of sp³-hybridized carbons (Fsp3) is 0.714. The minimum atomic E-state index is 0.474. The lowest BCUT2D eigenvalue weighted by molar-refractivity contribution is 0.236. The van der Waals surface area contributed by atoms with Gasteiger partial charge in [-0.3, -0.25) is 9.80 Å². The first-order valence-corrected chi connectivity index (χ1v) is 9.82. The molecule has 5 nitrogen and oxygen atoms in total. The SMILES string of the molecule is CCN(CCN(C)C)Cc1cc(C)cc(CN(CC)CCN(C)C)c1O. The van der Waals surface area contributed by atoms with E-state index in [-0.39, 0.29) is 0 Å². The van der Waals surface area contributed by atoms with Crippen molar-refractivity contribution in [2.45, 2.75) is 33.9 Å². The van der Waals surface area contributed by atoms with Crippen LogP contribution in [0.3, 0.4) is 0 Å². The van der Waals surface area contributed by atoms with Gasteiger partial charge < -0.3 is 14.9 Å². The molecule has 0 aliphatic carbocycles. The third-order valence-electron chi connectivity index (χ3n) is 4.82. The highest BCUT2D eigenvalue weighted by Gasteiger charge is 2.14. The quantitative estimate of drug-likeness (QED) is 0.616. The van der Waals surface area contributed by atoms with Crippen LogP contribution >= 0.6 is 0 Å². The molecule has 0 saturated heterocycles. The summed E-state index contributed by atoms with van der Waals surface area (Å²) >= 11 is 0. The molecule has 0 amide bonds. The molecule has 0 atom stereocenters. The molecule has 0 spiro atoms. The van der Waals surface area contributed by atoms with Crippen LogP contribution in [0.2, 0.25) is 0 Å². The smallest absolute Gasteiger partial charge is 0.124 e. The molecule has 0 saturated carbocycles. The first kappa shape index (κ1) is 22.9. The van der Waals surface area contributed by atoms with Gasteiger partial charge >= 0.3 is 0 Å². The maximum Gasteiger partial charge on any atom is 0.124 e. The van der Waals surface area contributed by atoms with Gasteiger partial charge in [-0.25, -0.2) is 0 Å². The third kappa shape index (κ3) is 8.04. The van der Waals surface area contributed by atoms with Crippen LogP contribution in [0.1, 0.15) is 30.5 Å². The molecule has 1 aromatic rings. The predicted octanol–water partition coefficient (Wildman–Crippen LogP) is 2.47. The number of likely N-dealkylation sites (N-methyl/N-ethyl adjacent to an activating group) is 4. The van der Waals surface area contributed by atoms with Crippen LogP contribution < -0.4 is 0 Å². The first-order chi connectivity index (χ1) is 12.3. The average molecular weight is 365 g/mol. The summed E-state index contributed by atoms with van der Waals surface area (Å²) in [5.41, 5.74) is 3.31. The highest BCUT2D eigenvalue weighted by Crippen LogP contribution is 2.27. The zero-order chi connectivity index (χ0) is 19.7. The summed E-state index contributed by atoms with van der Waals surface area (Å²) in [6.07, 6.45) is 0. The van der Waals surface area contributed by atoms with Gasteiger partial charge in [0.25, 0.3) is 0 Å². The zero-order valence-corrected chi connectivity index (χ0v) is 18.0. The van der Waals surface area contributed by atoms with Gasteiger partial charge in [0.1, 0.15) is 5.75 Å². The maximum atomic E-state index is 10.9. The van der Waals surface area contributed by atoms with Crippen molar-refractivity contribution in [3.8, 4) is 5.75 Å². The largest absolute Gasteiger partial charge is 0.507 e. The van der Waals surface area contributed by atoms with Crippen molar-refractivity contribution in [2.24, 2.45) is 0 Å². The second-order valence-electron chi connectivity index (χ2n) is 7.78. The number of aromatic hydroxyl groups is 1. The topological polar surface area (TPSA) is 33.2 Å². The molecule has 0 unspecified atom stereocenters. The number of rotatable bonds is 12. The highest BCUT2D eigenvalue weighted by molar-refractivity contribution is 5.43. The Hall–Kier alpha value is -1.14. The van der Waals surface area contributed by atoms with Gasteiger partial charge in [-0.1, -0.05) is 31.5 Å². The van der Waals surface area contributed by atoms with Gasteiger partial charge in [-0.2, -0.15) is 0 Å². The van der Waals surface area contributed by atoms with Crippen LogP contribution in [0.4, 0.5) is 0 Å². The van der Waals surface area contributed by atoms with E-state index in [1.807, 2.05) is 0 Å². The lowest BCUT2D eigenvalue weighted by Gasteiger charge is -2.26. The maximum absolute atomic E-state index is 10.9. The molecule has 150 valence electrons. The number of phenolic OH excluding ortho intramolecular Hbond substituents is 1. The van der Waals surface area contributed by atoms with Crippen LogP contribution in [-0.4, -0.2) is 92.2 Å². The second kappa shape index (κ2) is 11.5. The van der Waals surface area contributed by atoms with Crippen molar-refractivity contribution in [3.63, 3.8) is 0 Å². The lowest BCUT2D eigenvalue weighted by Crippen LogP contribution is -2.32. The summed E-state index contributed by atoms with van der Waals surface area (Å²) in [7, 11) is 8.40. The van der Waals surface area contributed by atoms with Crippen LogP contribution in [0.5, 0.6) is 5.75 Å². The molecule has 1 N–H and O–H groups in total. The minimum absolute atomic E-state index is 0.474. The summed E-state index contributed by atoms with van der Waals surface area (Å²) in [6, 6.07) is 4.26. The summed E-state index contributed by atoms with van der Waals surface area (Å²) < 4.78 is 0. The molecule has 0 bridgehead atoms. The Morgan fingerprint density at radius 1 is 0.731 bits per heavy atom. The lowest BCUT2D eigenvalue weighted by atomic mass is 10.0. The summed E-state index contributed by atoms with van der Waals surface area (Å²) in [6.45, 7) is 14.1. The average Bonchev–Trinajstić information content (AvgIpc) is 2.58. The molecule has 0 aliphatic rings. The molecular weight excluding hydrogens is 324 g/mol. The van der Waals surface area contributed by atoms with Crippen molar-refractivity contribution in [1.29, 1.82) is 0 Å². The van der Waals surface area contributed by atoms with Gasteiger partial charge in [0.05, 0.1) is 0 Å². The normalized spacial score (nSPS) is 12.1. The molecule has 0 aliphatic heterocycles. The number of hydrogen-bond donors (Lipinski definition) is 1. The third-order valence-corrected chi connectivity index (χ3v) is 4.82. The van der Waals surface area contributed by atoms with E-state index in [1.165, 1.54) is 5.56 Å². The summed E-state index contributed by atoms with van der Waals surface area (Å²) in [5.74, 6) is 0.474. The van der Waals surface area contributed by atoms with E-state index in [4.69, 9.17) is 0 Å². The molecule has 0 aromatic heterocycles. The molecule has 1 aromatic carbocycles. The Morgan fingerprint density at radius 3 is 1.42 bits per heavy atom. The number of nitrogens with zero attached hydrogens (tertiary/aromatic N) is 4. The number of benzene rings is 1. The molecule has 5 heteroatoms. The van der Waals surface area contributed by atoms with E-state index in [1.54, 1.807) is 0 Å². The van der Waals surface area contributed by atoms with Crippen molar-refractivity contribution in [3.05, 3.63) is 28.8 Å². The van der Waals surface area contributed by atoms with Gasteiger partial charge in [0.2, 0.25) is 0 Å². The fourth-order valence-electron chi connectivity index (χ4n) is 3.04. The van der Waals surface area contributed by atoms with E-state index in [0.29, 0.717) is 5.75 Å². The molecule has 0 fully saturated rings. The van der Waals surface area contributed by atoms with Crippen molar-refractivity contribution in [2.75, 3.05) is 67.5 Å². The number of phenols is 1. The van der Waals surface area contributed by atoms with E-state index in [0.717, 1.165) is 63.5 Å². The van der Waals surface area contributed by atoms with Gasteiger partial charge in [0, 0.05) is 50.4 Å². The Balaban J connectivity index is 2.88. The van der Waals surface area contributed by atoms with Gasteiger partial charge in [-0.05, 0) is 48.2 Å². The van der Waals surface area contributed by atoms with Gasteiger partial charge in [-0.15, -0.1) is 0 Å². The van der Waals surface area contributed by atoms with E-state index < -0.39 is 0 Å². The van der Waals surface area contributed by atoms with Crippen LogP contribution in [0, 0.1) is 6.92 Å². The van der Waals surface area contributed by atoms with Crippen molar-refractivity contribution < 1.29 is 5.11 Å². The van der Waals surface area contributed by atoms with Crippen molar-refractivity contribution >= 4 is 0 Å². The second-order valence-corrected chi connectivity index (χ2v) is 7.78. The van der Waals surface area contributed by atoms with E-state index >= 15 is 0 Å². The Bertz CT molecular complexity index is 488. The molecule has 26 heavy (non-hydrogen) atoms. The highest BCUT2D eigenvalue weighted by atomic mass is 16.3. The van der Waals surface area contributed by atoms with Gasteiger partial charge in [0.15, 0.2) is 0 Å². The zero-order valence-electron chi connectivity index (χ0n) is 18.0. The van der Waals surface area contributed by atoms with E-state index in [9.17, 15) is 5.11 Å². The molecule has 0 radical (unpaired) electrons. The number of aryl methyl sites for hydroxylation is 1.